The van der Waals surface area contributed by atoms with Crippen LogP contribution >= 0.6 is 11.3 Å². The van der Waals surface area contributed by atoms with Gasteiger partial charge in [0.15, 0.2) is 0 Å². The van der Waals surface area contributed by atoms with E-state index in [4.69, 9.17) is 0 Å². The van der Waals surface area contributed by atoms with E-state index in [0.717, 1.165) is 21.8 Å². The van der Waals surface area contributed by atoms with Crippen molar-refractivity contribution in [2.75, 3.05) is 12.4 Å². The number of anilines is 1. The first-order chi connectivity index (χ1) is 13.0. The summed E-state index contributed by atoms with van der Waals surface area (Å²) in [7, 11) is 1.59. The maximum Gasteiger partial charge on any atom is 0.230 e. The maximum absolute atomic E-state index is 12.4. The molecule has 3 aromatic rings. The number of rotatable bonds is 6. The fraction of sp³-hybridized carbons (Fsp3) is 0.190. The number of nitrogens with zero attached hydrogens (tertiary/aromatic N) is 1. The van der Waals surface area contributed by atoms with Gasteiger partial charge in [0.2, 0.25) is 11.8 Å². The molecule has 2 amide bonds. The molecule has 6 heteroatoms. The summed E-state index contributed by atoms with van der Waals surface area (Å²) in [6.07, 6.45) is 0.415. The van der Waals surface area contributed by atoms with Crippen LogP contribution in [0.15, 0.2) is 53.9 Å². The van der Waals surface area contributed by atoms with Crippen LogP contribution in [0.3, 0.4) is 0 Å². The minimum atomic E-state index is -0.153. The van der Waals surface area contributed by atoms with E-state index in [1.165, 1.54) is 16.9 Å². The Morgan fingerprint density at radius 3 is 2.48 bits per heavy atom. The number of para-hydroxylation sites is 1. The number of thiazole rings is 1. The SMILES string of the molecule is CNC(=O)Cc1ccccc1NC(=O)Cc1csc(-c2ccc(C)cc2)n1. The van der Waals surface area contributed by atoms with E-state index >= 15 is 0 Å². The van der Waals surface area contributed by atoms with Crippen LogP contribution in [0.25, 0.3) is 10.6 Å². The molecule has 2 aromatic carbocycles. The van der Waals surface area contributed by atoms with Gasteiger partial charge in [-0.2, -0.15) is 0 Å². The van der Waals surface area contributed by atoms with Gasteiger partial charge in [-0.1, -0.05) is 48.0 Å². The zero-order valence-corrected chi connectivity index (χ0v) is 16.1. The quantitative estimate of drug-likeness (QED) is 0.688. The number of aromatic nitrogens is 1. The Morgan fingerprint density at radius 2 is 1.74 bits per heavy atom. The first-order valence-corrected chi connectivity index (χ1v) is 9.53. The van der Waals surface area contributed by atoms with E-state index in [1.54, 1.807) is 13.1 Å². The van der Waals surface area contributed by atoms with Crippen molar-refractivity contribution in [3.8, 4) is 10.6 Å². The molecule has 0 unspecified atom stereocenters. The third kappa shape index (κ3) is 5.01. The van der Waals surface area contributed by atoms with Crippen molar-refractivity contribution in [3.63, 3.8) is 0 Å². The monoisotopic (exact) mass is 379 g/mol. The lowest BCUT2D eigenvalue weighted by molar-refractivity contribution is -0.120. The summed E-state index contributed by atoms with van der Waals surface area (Å²) in [5.74, 6) is -0.251. The van der Waals surface area contributed by atoms with Gasteiger partial charge in [0.1, 0.15) is 5.01 Å². The van der Waals surface area contributed by atoms with Crippen molar-refractivity contribution >= 4 is 28.8 Å². The smallest absolute Gasteiger partial charge is 0.230 e. The van der Waals surface area contributed by atoms with Gasteiger partial charge in [-0.15, -0.1) is 11.3 Å². The highest BCUT2D eigenvalue weighted by Crippen LogP contribution is 2.24. The van der Waals surface area contributed by atoms with Crippen LogP contribution in [-0.4, -0.2) is 23.8 Å². The molecule has 138 valence electrons. The normalized spacial score (nSPS) is 10.4. The molecule has 1 heterocycles. The molecule has 5 nitrogen and oxygen atoms in total. The molecule has 0 saturated heterocycles. The van der Waals surface area contributed by atoms with Crippen LogP contribution in [0.4, 0.5) is 5.69 Å². The van der Waals surface area contributed by atoms with E-state index in [1.807, 2.05) is 54.8 Å². The first kappa shape index (κ1) is 18.8. The highest BCUT2D eigenvalue weighted by atomic mass is 32.1. The Morgan fingerprint density at radius 1 is 1.00 bits per heavy atom. The summed E-state index contributed by atoms with van der Waals surface area (Å²) in [6.45, 7) is 2.05. The van der Waals surface area contributed by atoms with Crippen molar-refractivity contribution in [1.82, 2.24) is 10.3 Å². The van der Waals surface area contributed by atoms with Crippen LogP contribution < -0.4 is 10.6 Å². The Labute approximate surface area is 162 Å². The first-order valence-electron chi connectivity index (χ1n) is 8.65. The molecule has 0 bridgehead atoms. The van der Waals surface area contributed by atoms with Gasteiger partial charge in [0, 0.05) is 23.7 Å². The molecule has 3 rings (SSSR count). The lowest BCUT2D eigenvalue weighted by atomic mass is 10.1. The van der Waals surface area contributed by atoms with E-state index in [9.17, 15) is 9.59 Å². The van der Waals surface area contributed by atoms with Gasteiger partial charge in [0.05, 0.1) is 18.5 Å². The predicted octanol–water partition coefficient (Wildman–Crippen LogP) is 3.59. The molecular weight excluding hydrogens is 358 g/mol. The molecule has 0 radical (unpaired) electrons. The van der Waals surface area contributed by atoms with Crippen LogP contribution in [-0.2, 0) is 22.4 Å². The van der Waals surface area contributed by atoms with Gasteiger partial charge >= 0.3 is 0 Å². The number of hydrogen-bond acceptors (Lipinski definition) is 4. The van der Waals surface area contributed by atoms with E-state index < -0.39 is 0 Å². The molecule has 2 N–H and O–H groups in total. The second-order valence-corrected chi connectivity index (χ2v) is 7.10. The van der Waals surface area contributed by atoms with Crippen LogP contribution in [0.1, 0.15) is 16.8 Å². The van der Waals surface area contributed by atoms with E-state index in [2.05, 4.69) is 15.6 Å². The van der Waals surface area contributed by atoms with Crippen molar-refractivity contribution in [3.05, 3.63) is 70.7 Å². The molecule has 0 atom stereocenters. The largest absolute Gasteiger partial charge is 0.359 e. The Balaban J connectivity index is 1.67. The summed E-state index contributed by atoms with van der Waals surface area (Å²) in [4.78, 5) is 28.6. The highest BCUT2D eigenvalue weighted by Gasteiger charge is 2.12. The van der Waals surface area contributed by atoms with E-state index in [-0.39, 0.29) is 24.7 Å². The average molecular weight is 379 g/mol. The van der Waals surface area contributed by atoms with Crippen molar-refractivity contribution in [2.45, 2.75) is 19.8 Å². The van der Waals surface area contributed by atoms with Crippen molar-refractivity contribution in [2.24, 2.45) is 0 Å². The molecule has 0 spiro atoms. The molecule has 0 aliphatic carbocycles. The number of nitrogens with one attached hydrogen (secondary N) is 2. The van der Waals surface area contributed by atoms with Gasteiger partial charge in [-0.05, 0) is 18.6 Å². The van der Waals surface area contributed by atoms with Crippen molar-refractivity contribution < 1.29 is 9.59 Å². The topological polar surface area (TPSA) is 71.1 Å². The third-order valence-electron chi connectivity index (χ3n) is 4.11. The van der Waals surface area contributed by atoms with Gasteiger partial charge in [-0.25, -0.2) is 4.98 Å². The Kier molecular flexibility index (Phi) is 5.98. The second-order valence-electron chi connectivity index (χ2n) is 6.24. The standard InChI is InChI=1S/C21H21N3O2S/c1-14-7-9-15(10-8-14)21-23-17(13-27-21)12-20(26)24-18-6-4-3-5-16(18)11-19(25)22-2/h3-10,13H,11-12H2,1-2H3,(H,22,25)(H,24,26). The number of benzene rings is 2. The zero-order valence-electron chi connectivity index (χ0n) is 15.3. The summed E-state index contributed by atoms with van der Waals surface area (Å²) < 4.78 is 0. The predicted molar refractivity (Wildman–Crippen MR) is 109 cm³/mol. The fourth-order valence-corrected chi connectivity index (χ4v) is 3.46. The highest BCUT2D eigenvalue weighted by molar-refractivity contribution is 7.13. The summed E-state index contributed by atoms with van der Waals surface area (Å²) >= 11 is 1.53. The minimum Gasteiger partial charge on any atom is -0.359 e. The van der Waals surface area contributed by atoms with Crippen molar-refractivity contribution in [1.29, 1.82) is 0 Å². The number of amides is 2. The number of likely N-dealkylation sites (N-methyl/N-ethyl adjacent to an activating group) is 1. The number of carbonyl (C=O) groups excluding carboxylic acids is 2. The summed E-state index contributed by atoms with van der Waals surface area (Å²) in [5.41, 5.74) is 4.42. The Hall–Kier alpha value is -2.99. The fourth-order valence-electron chi connectivity index (χ4n) is 2.63. The number of aryl methyl sites for hydroxylation is 1. The number of hydrogen-bond donors (Lipinski definition) is 2. The third-order valence-corrected chi connectivity index (χ3v) is 5.05. The molecule has 27 heavy (non-hydrogen) atoms. The Bertz CT molecular complexity index is 948. The van der Waals surface area contributed by atoms with Gasteiger partial charge in [0.25, 0.3) is 0 Å². The lowest BCUT2D eigenvalue weighted by Crippen LogP contribution is -2.22. The zero-order chi connectivity index (χ0) is 19.2. The minimum absolute atomic E-state index is 0.0982. The van der Waals surface area contributed by atoms with Crippen LogP contribution in [0, 0.1) is 6.92 Å². The molecule has 0 aliphatic rings. The molecule has 0 fully saturated rings. The van der Waals surface area contributed by atoms with Crippen LogP contribution in [0.2, 0.25) is 0 Å². The molecule has 0 aliphatic heterocycles. The molecular formula is C21H21N3O2S. The maximum atomic E-state index is 12.4. The molecule has 1 aromatic heterocycles. The lowest BCUT2D eigenvalue weighted by Gasteiger charge is -2.10. The number of carbonyl (C=O) groups is 2. The van der Waals surface area contributed by atoms with Gasteiger partial charge < -0.3 is 10.6 Å². The summed E-state index contributed by atoms with van der Waals surface area (Å²) in [5, 5.41) is 8.29. The molecule has 0 saturated carbocycles. The average Bonchev–Trinajstić information content (AvgIpc) is 3.12. The second kappa shape index (κ2) is 8.60. The van der Waals surface area contributed by atoms with Crippen LogP contribution in [0.5, 0.6) is 0 Å². The van der Waals surface area contributed by atoms with E-state index in [0.29, 0.717) is 5.69 Å². The summed E-state index contributed by atoms with van der Waals surface area (Å²) in [6, 6.07) is 15.5. The van der Waals surface area contributed by atoms with Gasteiger partial charge in [-0.3, -0.25) is 9.59 Å².